The number of carboxylic acid groups (broad SMARTS) is 1. The van der Waals surface area contributed by atoms with E-state index in [0.29, 0.717) is 5.56 Å². The molecule has 164 valence electrons. The van der Waals surface area contributed by atoms with Crippen molar-refractivity contribution >= 4 is 5.97 Å². The average Bonchev–Trinajstić information content (AvgIpc) is 3.06. The minimum absolute atomic E-state index is 0.239. The van der Waals surface area contributed by atoms with Crippen molar-refractivity contribution in [3.8, 4) is 5.88 Å². The van der Waals surface area contributed by atoms with Gasteiger partial charge in [0.25, 0.3) is 0 Å². The number of ether oxygens (including phenoxy) is 2. The van der Waals surface area contributed by atoms with Gasteiger partial charge >= 0.3 is 12.1 Å². The van der Waals surface area contributed by atoms with Gasteiger partial charge in [-0.25, -0.2) is 4.79 Å². The number of nitrogens with zero attached hydrogens (tertiary/aromatic N) is 1. The Morgan fingerprint density at radius 2 is 1.80 bits per heavy atom. The Hall–Kier alpha value is -2.67. The summed E-state index contributed by atoms with van der Waals surface area (Å²) in [4.78, 5) is 11.2. The lowest BCUT2D eigenvalue weighted by atomic mass is 9.99. The summed E-state index contributed by atoms with van der Waals surface area (Å²) in [6.45, 7) is 1.82. The third kappa shape index (κ3) is 4.41. The highest BCUT2D eigenvalue weighted by atomic mass is 19.4. The number of carboxylic acids is 1. The van der Waals surface area contributed by atoms with Gasteiger partial charge in [0.05, 0.1) is 5.56 Å². The zero-order chi connectivity index (χ0) is 22.2. The number of nitrogens with one attached hydrogen (secondary N) is 1. The SMILES string of the molecule is Cc1ccc(Cc2c(OC3O[C@H](C(=O)O)[C@@H](O)[C@H](O)[C@H]3O)n[nH]c2C(F)(F)F)cc1. The number of aliphatic carboxylic acids is 1. The van der Waals surface area contributed by atoms with Crippen LogP contribution < -0.4 is 4.74 Å². The van der Waals surface area contributed by atoms with Crippen molar-refractivity contribution in [1.82, 2.24) is 10.2 Å². The summed E-state index contributed by atoms with van der Waals surface area (Å²) in [5.41, 5.74) is -0.154. The van der Waals surface area contributed by atoms with Gasteiger partial charge in [-0.1, -0.05) is 29.8 Å². The number of rotatable bonds is 5. The highest BCUT2D eigenvalue weighted by molar-refractivity contribution is 5.73. The molecule has 0 amide bonds. The second-order valence-electron chi connectivity index (χ2n) is 6.90. The summed E-state index contributed by atoms with van der Waals surface area (Å²) in [6.07, 6.45) is -14.7. The molecule has 5 N–H and O–H groups in total. The van der Waals surface area contributed by atoms with Crippen molar-refractivity contribution in [2.45, 2.75) is 50.2 Å². The molecule has 1 aromatic heterocycles. The van der Waals surface area contributed by atoms with Gasteiger partial charge in [0, 0.05) is 6.42 Å². The highest BCUT2D eigenvalue weighted by Gasteiger charge is 2.49. The summed E-state index contributed by atoms with van der Waals surface area (Å²) in [7, 11) is 0. The van der Waals surface area contributed by atoms with Crippen LogP contribution in [0.1, 0.15) is 22.4 Å². The van der Waals surface area contributed by atoms with Crippen LogP contribution in [0.15, 0.2) is 24.3 Å². The number of H-pyrrole nitrogens is 1. The lowest BCUT2D eigenvalue weighted by molar-refractivity contribution is -0.271. The predicted octanol–water partition coefficient (Wildman–Crippen LogP) is 0.599. The van der Waals surface area contributed by atoms with E-state index in [9.17, 15) is 33.3 Å². The predicted molar refractivity (Wildman–Crippen MR) is 92.5 cm³/mol. The number of benzene rings is 1. The molecule has 1 unspecified atom stereocenters. The number of aromatic amines is 1. The number of carbonyl (C=O) groups is 1. The molecule has 1 aliphatic rings. The van der Waals surface area contributed by atoms with Gasteiger partial charge in [-0.2, -0.15) is 13.2 Å². The number of hydrogen-bond acceptors (Lipinski definition) is 7. The first kappa shape index (κ1) is 22.0. The Morgan fingerprint density at radius 3 is 2.37 bits per heavy atom. The minimum Gasteiger partial charge on any atom is -0.479 e. The molecule has 0 bridgehead atoms. The van der Waals surface area contributed by atoms with Crippen molar-refractivity contribution in [3.05, 3.63) is 46.6 Å². The molecule has 3 rings (SSSR count). The van der Waals surface area contributed by atoms with E-state index in [1.165, 1.54) is 0 Å². The summed E-state index contributed by atoms with van der Waals surface area (Å²) < 4.78 is 50.4. The van der Waals surface area contributed by atoms with Crippen LogP contribution in [-0.2, 0) is 22.1 Å². The summed E-state index contributed by atoms with van der Waals surface area (Å²) >= 11 is 0. The molecular weight excluding hydrogens is 413 g/mol. The lowest BCUT2D eigenvalue weighted by Crippen LogP contribution is -2.61. The first-order chi connectivity index (χ1) is 14.0. The number of aliphatic hydroxyl groups excluding tert-OH is 3. The molecule has 30 heavy (non-hydrogen) atoms. The van der Waals surface area contributed by atoms with E-state index >= 15 is 0 Å². The Labute approximate surface area is 167 Å². The largest absolute Gasteiger partial charge is 0.479 e. The Balaban J connectivity index is 1.92. The topological polar surface area (TPSA) is 145 Å². The van der Waals surface area contributed by atoms with E-state index in [2.05, 4.69) is 5.10 Å². The van der Waals surface area contributed by atoms with E-state index < -0.39 is 60.0 Å². The fourth-order valence-corrected chi connectivity index (χ4v) is 3.01. The fourth-order valence-electron chi connectivity index (χ4n) is 3.01. The zero-order valence-corrected chi connectivity index (χ0v) is 15.5. The number of hydrogen-bond donors (Lipinski definition) is 5. The third-order valence-electron chi connectivity index (χ3n) is 4.65. The van der Waals surface area contributed by atoms with Crippen LogP contribution in [0.4, 0.5) is 13.2 Å². The first-order valence-electron chi connectivity index (χ1n) is 8.78. The van der Waals surface area contributed by atoms with Crippen LogP contribution in [0, 0.1) is 6.92 Å². The lowest BCUT2D eigenvalue weighted by Gasteiger charge is -2.38. The molecule has 1 aromatic carbocycles. The molecule has 5 atom stereocenters. The summed E-state index contributed by atoms with van der Waals surface area (Å²) in [6, 6.07) is 6.68. The van der Waals surface area contributed by atoms with Crippen LogP contribution in [0.2, 0.25) is 0 Å². The maximum Gasteiger partial charge on any atom is 0.433 e. The van der Waals surface area contributed by atoms with E-state index in [4.69, 9.17) is 14.6 Å². The Morgan fingerprint density at radius 1 is 1.17 bits per heavy atom. The second kappa shape index (κ2) is 8.22. The van der Waals surface area contributed by atoms with Crippen LogP contribution in [-0.4, -0.2) is 67.3 Å². The van der Waals surface area contributed by atoms with Crippen molar-refractivity contribution in [1.29, 1.82) is 0 Å². The van der Waals surface area contributed by atoms with E-state index in [1.807, 2.05) is 12.0 Å². The Bertz CT molecular complexity index is 900. The quantitative estimate of drug-likeness (QED) is 0.462. The summed E-state index contributed by atoms with van der Waals surface area (Å²) in [5, 5.41) is 44.0. The molecule has 1 saturated heterocycles. The van der Waals surface area contributed by atoms with Crippen molar-refractivity contribution in [3.63, 3.8) is 0 Å². The number of aryl methyl sites for hydroxylation is 1. The van der Waals surface area contributed by atoms with E-state index in [1.54, 1.807) is 24.3 Å². The molecule has 2 heterocycles. The van der Waals surface area contributed by atoms with Crippen LogP contribution in [0.25, 0.3) is 0 Å². The summed E-state index contributed by atoms with van der Waals surface area (Å²) in [5.74, 6) is -2.24. The number of aromatic nitrogens is 2. The molecule has 0 aliphatic carbocycles. The van der Waals surface area contributed by atoms with Gasteiger partial charge in [0.15, 0.2) is 6.10 Å². The second-order valence-corrected chi connectivity index (χ2v) is 6.90. The van der Waals surface area contributed by atoms with Gasteiger partial charge in [-0.3, -0.25) is 5.10 Å². The molecule has 0 spiro atoms. The molecule has 0 radical (unpaired) electrons. The Kier molecular flexibility index (Phi) is 6.04. The van der Waals surface area contributed by atoms with E-state index in [0.717, 1.165) is 5.56 Å². The van der Waals surface area contributed by atoms with Crippen molar-refractivity contribution in [2.24, 2.45) is 0 Å². The average molecular weight is 432 g/mol. The number of alkyl halides is 3. The van der Waals surface area contributed by atoms with Gasteiger partial charge in [-0.15, -0.1) is 5.10 Å². The molecule has 1 aliphatic heterocycles. The molecule has 12 heteroatoms. The fraction of sp³-hybridized carbons (Fsp3) is 0.444. The highest BCUT2D eigenvalue weighted by Crippen LogP contribution is 2.36. The van der Waals surface area contributed by atoms with Gasteiger partial charge in [0.1, 0.15) is 24.0 Å². The molecule has 2 aromatic rings. The third-order valence-corrected chi connectivity index (χ3v) is 4.65. The normalized spacial score (nSPS) is 27.1. The molecule has 1 fully saturated rings. The monoisotopic (exact) mass is 432 g/mol. The maximum atomic E-state index is 13.4. The smallest absolute Gasteiger partial charge is 0.433 e. The maximum absolute atomic E-state index is 13.4. The van der Waals surface area contributed by atoms with Crippen LogP contribution >= 0.6 is 0 Å². The van der Waals surface area contributed by atoms with Crippen LogP contribution in [0.5, 0.6) is 5.88 Å². The number of aliphatic hydroxyl groups is 3. The van der Waals surface area contributed by atoms with Gasteiger partial charge < -0.3 is 29.9 Å². The van der Waals surface area contributed by atoms with Gasteiger partial charge in [-0.05, 0) is 12.5 Å². The standard InChI is InChI=1S/C18H19F3N2O7/c1-7-2-4-8(5-3-7)6-9-14(18(19,20)21)22-23-15(9)30-17-12(26)10(24)11(25)13(29-17)16(27)28/h2-5,10-13,17,24-26H,6H2,1H3,(H,22,23)(H,27,28)/t10-,11-,12+,13-,17?/m0/s1. The zero-order valence-electron chi connectivity index (χ0n) is 15.5. The van der Waals surface area contributed by atoms with Gasteiger partial charge in [0.2, 0.25) is 12.2 Å². The molecular formula is C18H19F3N2O7. The molecule has 9 nitrogen and oxygen atoms in total. The molecule has 0 saturated carbocycles. The van der Waals surface area contributed by atoms with Crippen LogP contribution in [0.3, 0.4) is 0 Å². The van der Waals surface area contributed by atoms with E-state index in [-0.39, 0.29) is 6.42 Å². The first-order valence-corrected chi connectivity index (χ1v) is 8.78. The minimum atomic E-state index is -4.79. The number of halogens is 3. The van der Waals surface area contributed by atoms with Crippen molar-refractivity contribution < 1.29 is 47.9 Å². The van der Waals surface area contributed by atoms with Crippen molar-refractivity contribution in [2.75, 3.05) is 0 Å².